The van der Waals surface area contributed by atoms with Gasteiger partial charge in [-0.25, -0.2) is 9.97 Å². The third kappa shape index (κ3) is 2.71. The third-order valence-corrected chi connectivity index (χ3v) is 3.39. The maximum Gasteiger partial charge on any atom is 0.162 e. The quantitative estimate of drug-likeness (QED) is 0.770. The number of anilines is 1. The number of fused-ring (bicyclic) bond motifs is 1. The van der Waals surface area contributed by atoms with Crippen LogP contribution in [-0.2, 0) is 0 Å². The van der Waals surface area contributed by atoms with E-state index in [1.165, 1.54) is 0 Å². The van der Waals surface area contributed by atoms with Crippen LogP contribution in [0.4, 0.5) is 5.82 Å². The van der Waals surface area contributed by atoms with E-state index < -0.39 is 0 Å². The van der Waals surface area contributed by atoms with Crippen molar-refractivity contribution in [1.82, 2.24) is 9.97 Å². The zero-order valence-corrected chi connectivity index (χ0v) is 11.9. The van der Waals surface area contributed by atoms with Gasteiger partial charge in [0.25, 0.3) is 0 Å². The molecule has 0 atom stereocenters. The highest BCUT2D eigenvalue weighted by Crippen LogP contribution is 2.26. The standard InChI is InChI=1S/C17H17N3O/c1-12-6-2-3-7-13(12)17-19-15-9-5-4-8-14(15)16(20-17)18-10-11-21/h2-9,21H,10-11H2,1H3,(H,18,19,20). The van der Waals surface area contributed by atoms with Gasteiger partial charge in [0.05, 0.1) is 12.1 Å². The van der Waals surface area contributed by atoms with Crippen LogP contribution in [0.1, 0.15) is 5.56 Å². The van der Waals surface area contributed by atoms with Gasteiger partial charge in [0.1, 0.15) is 5.82 Å². The Balaban J connectivity index is 2.18. The first-order valence-electron chi connectivity index (χ1n) is 6.97. The Bertz CT molecular complexity index is 771. The average Bonchev–Trinajstić information content (AvgIpc) is 2.53. The number of aliphatic hydroxyl groups excluding tert-OH is 1. The minimum atomic E-state index is 0.0675. The number of nitrogens with one attached hydrogen (secondary N) is 1. The molecule has 0 aliphatic rings. The van der Waals surface area contributed by atoms with Crippen LogP contribution in [0.15, 0.2) is 48.5 Å². The van der Waals surface area contributed by atoms with Crippen LogP contribution in [0, 0.1) is 6.92 Å². The molecular formula is C17H17N3O. The predicted molar refractivity (Wildman–Crippen MR) is 85.3 cm³/mol. The first-order valence-corrected chi connectivity index (χ1v) is 6.97. The fraction of sp³-hybridized carbons (Fsp3) is 0.176. The first-order chi connectivity index (χ1) is 10.3. The summed E-state index contributed by atoms with van der Waals surface area (Å²) in [4.78, 5) is 9.30. The second kappa shape index (κ2) is 5.89. The van der Waals surface area contributed by atoms with Crippen molar-refractivity contribution in [3.63, 3.8) is 0 Å². The van der Waals surface area contributed by atoms with Crippen LogP contribution >= 0.6 is 0 Å². The minimum Gasteiger partial charge on any atom is -0.395 e. The maximum absolute atomic E-state index is 9.02. The lowest BCUT2D eigenvalue weighted by molar-refractivity contribution is 0.311. The van der Waals surface area contributed by atoms with E-state index in [1.807, 2.05) is 42.5 Å². The van der Waals surface area contributed by atoms with Gasteiger partial charge in [0.2, 0.25) is 0 Å². The van der Waals surface area contributed by atoms with E-state index in [1.54, 1.807) is 0 Å². The zero-order valence-electron chi connectivity index (χ0n) is 11.9. The number of hydrogen-bond donors (Lipinski definition) is 2. The van der Waals surface area contributed by atoms with Gasteiger partial charge in [0.15, 0.2) is 5.82 Å². The molecular weight excluding hydrogens is 262 g/mol. The molecule has 3 rings (SSSR count). The molecule has 0 amide bonds. The number of aliphatic hydroxyl groups is 1. The van der Waals surface area contributed by atoms with E-state index in [2.05, 4.69) is 28.3 Å². The van der Waals surface area contributed by atoms with Crippen LogP contribution in [0.5, 0.6) is 0 Å². The van der Waals surface area contributed by atoms with Crippen LogP contribution in [0.2, 0.25) is 0 Å². The number of benzene rings is 2. The summed E-state index contributed by atoms with van der Waals surface area (Å²) in [5.74, 6) is 1.46. The molecule has 21 heavy (non-hydrogen) atoms. The lowest BCUT2D eigenvalue weighted by atomic mass is 10.1. The van der Waals surface area contributed by atoms with Gasteiger partial charge in [-0.2, -0.15) is 0 Å². The molecule has 3 aromatic rings. The number of rotatable bonds is 4. The fourth-order valence-electron chi connectivity index (χ4n) is 2.33. The van der Waals surface area contributed by atoms with E-state index in [4.69, 9.17) is 5.11 Å². The van der Waals surface area contributed by atoms with Crippen molar-refractivity contribution in [2.24, 2.45) is 0 Å². The summed E-state index contributed by atoms with van der Waals surface area (Å²) in [6.45, 7) is 2.58. The second-order valence-corrected chi connectivity index (χ2v) is 4.88. The highest BCUT2D eigenvalue weighted by atomic mass is 16.3. The molecule has 2 aromatic carbocycles. The number of aryl methyl sites for hydroxylation is 1. The normalized spacial score (nSPS) is 10.8. The molecule has 0 saturated heterocycles. The van der Waals surface area contributed by atoms with E-state index in [9.17, 15) is 0 Å². The van der Waals surface area contributed by atoms with Gasteiger partial charge >= 0.3 is 0 Å². The predicted octanol–water partition coefficient (Wildman–Crippen LogP) is 3.01. The molecule has 0 unspecified atom stereocenters. The SMILES string of the molecule is Cc1ccccc1-c1nc(NCCO)c2ccccc2n1. The summed E-state index contributed by atoms with van der Waals surface area (Å²) in [6.07, 6.45) is 0. The maximum atomic E-state index is 9.02. The first kappa shape index (κ1) is 13.5. The average molecular weight is 279 g/mol. The Labute approximate surface area is 123 Å². The van der Waals surface area contributed by atoms with Crippen molar-refractivity contribution in [1.29, 1.82) is 0 Å². The summed E-state index contributed by atoms with van der Waals surface area (Å²) in [6, 6.07) is 16.0. The van der Waals surface area contributed by atoms with Crippen LogP contribution in [0.3, 0.4) is 0 Å². The van der Waals surface area contributed by atoms with E-state index in [0.717, 1.165) is 27.8 Å². The topological polar surface area (TPSA) is 58.0 Å². The monoisotopic (exact) mass is 279 g/mol. The molecule has 1 aromatic heterocycles. The molecule has 0 saturated carbocycles. The van der Waals surface area contributed by atoms with Crippen molar-refractivity contribution in [3.8, 4) is 11.4 Å². The van der Waals surface area contributed by atoms with Gasteiger partial charge in [-0.3, -0.25) is 0 Å². The fourth-order valence-corrected chi connectivity index (χ4v) is 2.33. The van der Waals surface area contributed by atoms with Gasteiger partial charge in [0, 0.05) is 17.5 Å². The lowest BCUT2D eigenvalue weighted by Crippen LogP contribution is -2.08. The largest absolute Gasteiger partial charge is 0.395 e. The van der Waals surface area contributed by atoms with E-state index in [0.29, 0.717) is 12.4 Å². The number of hydrogen-bond acceptors (Lipinski definition) is 4. The molecule has 106 valence electrons. The molecule has 0 radical (unpaired) electrons. The molecule has 4 nitrogen and oxygen atoms in total. The molecule has 0 fully saturated rings. The second-order valence-electron chi connectivity index (χ2n) is 4.88. The lowest BCUT2D eigenvalue weighted by Gasteiger charge is -2.11. The Morgan fingerprint density at radius 2 is 1.76 bits per heavy atom. The number of para-hydroxylation sites is 1. The van der Waals surface area contributed by atoms with Gasteiger partial charge < -0.3 is 10.4 Å². The van der Waals surface area contributed by atoms with Crippen molar-refractivity contribution in [3.05, 3.63) is 54.1 Å². The summed E-state index contributed by atoms with van der Waals surface area (Å²) in [5, 5.41) is 13.2. The summed E-state index contributed by atoms with van der Waals surface area (Å²) in [5.41, 5.74) is 3.06. The number of aromatic nitrogens is 2. The van der Waals surface area contributed by atoms with Crippen molar-refractivity contribution >= 4 is 16.7 Å². The molecule has 2 N–H and O–H groups in total. The molecule has 0 spiro atoms. The number of nitrogens with zero attached hydrogens (tertiary/aromatic N) is 2. The summed E-state index contributed by atoms with van der Waals surface area (Å²) < 4.78 is 0. The van der Waals surface area contributed by atoms with Crippen LogP contribution in [0.25, 0.3) is 22.3 Å². The smallest absolute Gasteiger partial charge is 0.162 e. The third-order valence-electron chi connectivity index (χ3n) is 3.39. The molecule has 0 aliphatic carbocycles. The Kier molecular flexibility index (Phi) is 3.79. The Hall–Kier alpha value is -2.46. The molecule has 4 heteroatoms. The van der Waals surface area contributed by atoms with Gasteiger partial charge in [-0.1, -0.05) is 36.4 Å². The van der Waals surface area contributed by atoms with Gasteiger partial charge in [-0.15, -0.1) is 0 Å². The Morgan fingerprint density at radius 3 is 2.57 bits per heavy atom. The summed E-state index contributed by atoms with van der Waals surface area (Å²) >= 11 is 0. The van der Waals surface area contributed by atoms with E-state index >= 15 is 0 Å². The van der Waals surface area contributed by atoms with Gasteiger partial charge in [-0.05, 0) is 24.6 Å². The highest BCUT2D eigenvalue weighted by molar-refractivity contribution is 5.90. The summed E-state index contributed by atoms with van der Waals surface area (Å²) in [7, 11) is 0. The molecule has 1 heterocycles. The zero-order chi connectivity index (χ0) is 14.7. The van der Waals surface area contributed by atoms with Crippen LogP contribution in [-0.4, -0.2) is 28.2 Å². The Morgan fingerprint density at radius 1 is 1.00 bits per heavy atom. The van der Waals surface area contributed by atoms with Crippen molar-refractivity contribution in [2.45, 2.75) is 6.92 Å². The molecule has 0 bridgehead atoms. The highest BCUT2D eigenvalue weighted by Gasteiger charge is 2.10. The van der Waals surface area contributed by atoms with Crippen LogP contribution < -0.4 is 5.32 Å². The van der Waals surface area contributed by atoms with Crippen molar-refractivity contribution < 1.29 is 5.11 Å². The minimum absolute atomic E-state index is 0.0675. The molecule has 0 aliphatic heterocycles. The van der Waals surface area contributed by atoms with E-state index in [-0.39, 0.29) is 6.61 Å². The van der Waals surface area contributed by atoms with Crippen molar-refractivity contribution in [2.75, 3.05) is 18.5 Å².